The zero-order valence-electron chi connectivity index (χ0n) is 10.3. The summed E-state index contributed by atoms with van der Waals surface area (Å²) in [6.45, 7) is 1.25. The monoisotopic (exact) mass is 266 g/mol. The van der Waals surface area contributed by atoms with E-state index >= 15 is 0 Å². The van der Waals surface area contributed by atoms with Crippen molar-refractivity contribution < 1.29 is 14.5 Å². The minimum atomic E-state index is -0.514. The summed E-state index contributed by atoms with van der Waals surface area (Å²) in [5.41, 5.74) is 6.04. The second kappa shape index (κ2) is 6.45. The smallest absolute Gasteiger partial charge is 0.269 e. The summed E-state index contributed by atoms with van der Waals surface area (Å²) in [6.07, 6.45) is 0. The van der Waals surface area contributed by atoms with Crippen LogP contribution in [-0.2, 0) is 9.59 Å². The Bertz CT molecular complexity index is 515. The van der Waals surface area contributed by atoms with Gasteiger partial charge in [0.15, 0.2) is 0 Å². The van der Waals surface area contributed by atoms with Gasteiger partial charge in [0, 0.05) is 17.8 Å². The summed E-state index contributed by atoms with van der Waals surface area (Å²) in [7, 11) is 0. The molecule has 4 N–H and O–H groups in total. The van der Waals surface area contributed by atoms with Gasteiger partial charge in [-0.1, -0.05) is 0 Å². The van der Waals surface area contributed by atoms with Crippen LogP contribution in [0.2, 0.25) is 0 Å². The molecule has 2 amide bonds. The molecule has 0 aliphatic heterocycles. The number of nitrogens with zero attached hydrogens (tertiary/aromatic N) is 1. The second-order valence-electron chi connectivity index (χ2n) is 3.79. The van der Waals surface area contributed by atoms with E-state index < -0.39 is 16.7 Å². The van der Waals surface area contributed by atoms with Gasteiger partial charge in [0.05, 0.1) is 18.0 Å². The standard InChI is InChI=1S/C11H14N4O4/c1-7-4-8(15(18)19)2-3-9(7)14-11(17)6-13-10(16)5-12/h2-4H,5-6,12H2,1H3,(H,13,16)(H,14,17). The molecule has 0 saturated carbocycles. The summed E-state index contributed by atoms with van der Waals surface area (Å²) < 4.78 is 0. The maximum atomic E-state index is 11.5. The third kappa shape index (κ3) is 4.36. The molecule has 0 heterocycles. The summed E-state index contributed by atoms with van der Waals surface area (Å²) in [5.74, 6) is -0.866. The van der Waals surface area contributed by atoms with Crippen LogP contribution in [0.15, 0.2) is 18.2 Å². The van der Waals surface area contributed by atoms with E-state index in [9.17, 15) is 19.7 Å². The number of nitrogens with one attached hydrogen (secondary N) is 2. The van der Waals surface area contributed by atoms with E-state index in [-0.39, 0.29) is 18.8 Å². The third-order valence-corrected chi connectivity index (χ3v) is 2.33. The Kier molecular flexibility index (Phi) is 4.95. The minimum absolute atomic E-state index is 0.0491. The van der Waals surface area contributed by atoms with E-state index in [0.29, 0.717) is 11.3 Å². The fraction of sp³-hybridized carbons (Fsp3) is 0.273. The largest absolute Gasteiger partial charge is 0.346 e. The van der Waals surface area contributed by atoms with Crippen LogP contribution in [0.1, 0.15) is 5.56 Å². The van der Waals surface area contributed by atoms with Gasteiger partial charge in [-0.25, -0.2) is 0 Å². The molecular formula is C11H14N4O4. The van der Waals surface area contributed by atoms with E-state index in [1.54, 1.807) is 6.92 Å². The van der Waals surface area contributed by atoms with E-state index in [1.807, 2.05) is 0 Å². The van der Waals surface area contributed by atoms with Gasteiger partial charge in [0.2, 0.25) is 11.8 Å². The number of nitrogens with two attached hydrogens (primary N) is 1. The van der Waals surface area contributed by atoms with Crippen LogP contribution in [0.4, 0.5) is 11.4 Å². The molecule has 0 unspecified atom stereocenters. The predicted octanol–water partition coefficient (Wildman–Crippen LogP) is -0.0834. The SMILES string of the molecule is Cc1cc([N+](=O)[O-])ccc1NC(=O)CNC(=O)CN. The van der Waals surface area contributed by atoms with Gasteiger partial charge in [0.1, 0.15) is 0 Å². The molecule has 1 aromatic carbocycles. The van der Waals surface area contributed by atoms with Crippen molar-refractivity contribution in [3.05, 3.63) is 33.9 Å². The number of anilines is 1. The minimum Gasteiger partial charge on any atom is -0.346 e. The van der Waals surface area contributed by atoms with Gasteiger partial charge in [-0.3, -0.25) is 19.7 Å². The summed E-state index contributed by atoms with van der Waals surface area (Å²) in [5, 5.41) is 15.4. The fourth-order valence-electron chi connectivity index (χ4n) is 1.35. The first-order chi connectivity index (χ1) is 8.93. The lowest BCUT2D eigenvalue weighted by atomic mass is 10.2. The number of aryl methyl sites for hydroxylation is 1. The molecule has 1 rings (SSSR count). The first kappa shape index (κ1) is 14.6. The highest BCUT2D eigenvalue weighted by molar-refractivity contribution is 5.95. The van der Waals surface area contributed by atoms with E-state index in [4.69, 9.17) is 5.73 Å². The number of hydrogen-bond acceptors (Lipinski definition) is 5. The van der Waals surface area contributed by atoms with Crippen molar-refractivity contribution in [1.29, 1.82) is 0 Å². The van der Waals surface area contributed by atoms with Gasteiger partial charge >= 0.3 is 0 Å². The first-order valence-electron chi connectivity index (χ1n) is 5.45. The maximum absolute atomic E-state index is 11.5. The van der Waals surface area contributed by atoms with Gasteiger partial charge < -0.3 is 16.4 Å². The molecule has 0 aromatic heterocycles. The van der Waals surface area contributed by atoms with Gasteiger partial charge in [0.25, 0.3) is 5.69 Å². The number of carbonyl (C=O) groups excluding carboxylic acids is 2. The molecule has 1 aromatic rings. The normalized spacial score (nSPS) is 9.79. The quantitative estimate of drug-likeness (QED) is 0.507. The Morgan fingerprint density at radius 1 is 1.37 bits per heavy atom. The van der Waals surface area contributed by atoms with Crippen LogP contribution in [-0.4, -0.2) is 29.8 Å². The molecule has 8 nitrogen and oxygen atoms in total. The van der Waals surface area contributed by atoms with Gasteiger partial charge in [-0.15, -0.1) is 0 Å². The van der Waals surface area contributed by atoms with Crippen LogP contribution in [0.3, 0.4) is 0 Å². The number of amides is 2. The topological polar surface area (TPSA) is 127 Å². The number of hydrogen-bond donors (Lipinski definition) is 3. The van der Waals surface area contributed by atoms with Crippen LogP contribution in [0.25, 0.3) is 0 Å². The number of benzene rings is 1. The van der Waals surface area contributed by atoms with Crippen LogP contribution in [0.5, 0.6) is 0 Å². The Labute approximate surface area is 109 Å². The summed E-state index contributed by atoms with van der Waals surface area (Å²) in [6, 6.07) is 4.09. The van der Waals surface area contributed by atoms with Crippen molar-refractivity contribution in [3.63, 3.8) is 0 Å². The number of non-ortho nitro benzene ring substituents is 1. The molecule has 0 aliphatic rings. The highest BCUT2D eigenvalue weighted by atomic mass is 16.6. The second-order valence-corrected chi connectivity index (χ2v) is 3.79. The van der Waals surface area contributed by atoms with Crippen molar-refractivity contribution >= 4 is 23.2 Å². The molecule has 0 atom stereocenters. The van der Waals surface area contributed by atoms with Gasteiger partial charge in [-0.05, 0) is 18.6 Å². The van der Waals surface area contributed by atoms with E-state index in [2.05, 4.69) is 10.6 Å². The number of carbonyl (C=O) groups is 2. The molecule has 8 heteroatoms. The highest BCUT2D eigenvalue weighted by Gasteiger charge is 2.10. The van der Waals surface area contributed by atoms with Crippen LogP contribution >= 0.6 is 0 Å². The van der Waals surface area contributed by atoms with E-state index in [0.717, 1.165) is 0 Å². The van der Waals surface area contributed by atoms with Crippen molar-refractivity contribution in [1.82, 2.24) is 5.32 Å². The Morgan fingerprint density at radius 2 is 2.05 bits per heavy atom. The summed E-state index contributed by atoms with van der Waals surface area (Å²) >= 11 is 0. The zero-order chi connectivity index (χ0) is 14.4. The average molecular weight is 266 g/mol. The van der Waals surface area contributed by atoms with Crippen LogP contribution in [0, 0.1) is 17.0 Å². The lowest BCUT2D eigenvalue weighted by molar-refractivity contribution is -0.384. The van der Waals surface area contributed by atoms with Crippen molar-refractivity contribution in [2.24, 2.45) is 5.73 Å². The highest BCUT2D eigenvalue weighted by Crippen LogP contribution is 2.20. The molecule has 0 spiro atoms. The molecule has 0 bridgehead atoms. The van der Waals surface area contributed by atoms with Crippen molar-refractivity contribution in [2.45, 2.75) is 6.92 Å². The molecule has 0 aliphatic carbocycles. The van der Waals surface area contributed by atoms with Crippen LogP contribution < -0.4 is 16.4 Å². The third-order valence-electron chi connectivity index (χ3n) is 2.33. The molecule has 0 radical (unpaired) electrons. The van der Waals surface area contributed by atoms with Gasteiger partial charge in [-0.2, -0.15) is 0 Å². The Hall–Kier alpha value is -2.48. The lowest BCUT2D eigenvalue weighted by Gasteiger charge is -2.08. The molecular weight excluding hydrogens is 252 g/mol. The van der Waals surface area contributed by atoms with E-state index in [1.165, 1.54) is 18.2 Å². The van der Waals surface area contributed by atoms with Crippen molar-refractivity contribution in [3.8, 4) is 0 Å². The molecule has 0 saturated heterocycles. The Balaban J connectivity index is 2.64. The lowest BCUT2D eigenvalue weighted by Crippen LogP contribution is -2.36. The number of nitro benzene ring substituents is 1. The molecule has 102 valence electrons. The Morgan fingerprint density at radius 3 is 2.58 bits per heavy atom. The zero-order valence-corrected chi connectivity index (χ0v) is 10.3. The first-order valence-corrected chi connectivity index (χ1v) is 5.45. The number of rotatable bonds is 5. The summed E-state index contributed by atoms with van der Waals surface area (Å²) in [4.78, 5) is 32.4. The number of nitro groups is 1. The average Bonchev–Trinajstić information content (AvgIpc) is 2.38. The molecule has 19 heavy (non-hydrogen) atoms. The fourth-order valence-corrected chi connectivity index (χ4v) is 1.35. The molecule has 0 fully saturated rings. The maximum Gasteiger partial charge on any atom is 0.269 e. The predicted molar refractivity (Wildman–Crippen MR) is 68.5 cm³/mol. The van der Waals surface area contributed by atoms with Crippen molar-refractivity contribution in [2.75, 3.05) is 18.4 Å².